The van der Waals surface area contributed by atoms with Crippen LogP contribution in [0.3, 0.4) is 0 Å². The van der Waals surface area contributed by atoms with Crippen molar-refractivity contribution in [3.63, 3.8) is 0 Å². The number of nitrogens with one attached hydrogen (secondary N) is 1. The van der Waals surface area contributed by atoms with Gasteiger partial charge in [0, 0.05) is 6.54 Å². The highest BCUT2D eigenvalue weighted by atomic mass is 16.4. The summed E-state index contributed by atoms with van der Waals surface area (Å²) in [6, 6.07) is 6.71. The number of hydrogen-bond donors (Lipinski definition) is 3. The molecule has 1 rings (SSSR count). The van der Waals surface area contributed by atoms with Gasteiger partial charge >= 0.3 is 7.12 Å². The lowest BCUT2D eigenvalue weighted by Crippen LogP contribution is -2.30. The van der Waals surface area contributed by atoms with Crippen molar-refractivity contribution < 1.29 is 14.8 Å². The Morgan fingerprint density at radius 2 is 2.27 bits per heavy atom. The second-order valence-electron chi connectivity index (χ2n) is 3.04. The summed E-state index contributed by atoms with van der Waals surface area (Å²) in [5, 5.41) is 20.4. The van der Waals surface area contributed by atoms with Crippen molar-refractivity contribution >= 4 is 18.5 Å². The van der Waals surface area contributed by atoms with E-state index in [1.807, 2.05) is 0 Å². The fourth-order valence-electron chi connectivity index (χ4n) is 1.13. The molecule has 0 radical (unpaired) electrons. The van der Waals surface area contributed by atoms with E-state index in [2.05, 4.69) is 11.9 Å². The van der Waals surface area contributed by atoms with Crippen LogP contribution in [0.5, 0.6) is 0 Å². The third-order valence-corrected chi connectivity index (χ3v) is 1.90. The summed E-state index contributed by atoms with van der Waals surface area (Å²) >= 11 is 0. The zero-order valence-electron chi connectivity index (χ0n) is 8.18. The van der Waals surface area contributed by atoms with Gasteiger partial charge in [0.05, 0.1) is 0 Å². The van der Waals surface area contributed by atoms with Crippen LogP contribution in [0.2, 0.25) is 0 Å². The van der Waals surface area contributed by atoms with Crippen LogP contribution in [-0.4, -0.2) is 23.1 Å². The Morgan fingerprint density at radius 3 is 2.87 bits per heavy atom. The molecule has 15 heavy (non-hydrogen) atoms. The van der Waals surface area contributed by atoms with Crippen molar-refractivity contribution in [1.29, 1.82) is 0 Å². The van der Waals surface area contributed by atoms with Gasteiger partial charge in [-0.25, -0.2) is 0 Å². The van der Waals surface area contributed by atoms with Gasteiger partial charge in [-0.05, 0) is 17.1 Å². The Morgan fingerprint density at radius 1 is 1.53 bits per heavy atom. The molecular weight excluding hydrogens is 193 g/mol. The first-order chi connectivity index (χ1) is 7.13. The van der Waals surface area contributed by atoms with Crippen LogP contribution in [-0.2, 0) is 11.3 Å². The molecule has 0 aliphatic rings. The molecule has 1 aromatic rings. The second kappa shape index (κ2) is 5.33. The normalized spacial score (nSPS) is 9.47. The van der Waals surface area contributed by atoms with E-state index >= 15 is 0 Å². The standard InChI is InChI=1S/C10H12BNO3/c1-2-10(13)12-7-8-4-3-5-9(6-8)11(14)15/h2-6,14-15H,1,7H2,(H,12,13). The number of rotatable bonds is 4. The predicted molar refractivity (Wildman–Crippen MR) is 58.3 cm³/mol. The van der Waals surface area contributed by atoms with Crippen LogP contribution in [0.25, 0.3) is 0 Å². The average molecular weight is 205 g/mol. The highest BCUT2D eigenvalue weighted by Gasteiger charge is 2.10. The summed E-state index contributed by atoms with van der Waals surface area (Å²) in [6.07, 6.45) is 1.19. The molecule has 0 spiro atoms. The highest BCUT2D eigenvalue weighted by molar-refractivity contribution is 6.58. The molecule has 3 N–H and O–H groups in total. The summed E-state index contributed by atoms with van der Waals surface area (Å²) in [5.41, 5.74) is 1.20. The van der Waals surface area contributed by atoms with E-state index in [0.717, 1.165) is 5.56 Å². The fraction of sp³-hybridized carbons (Fsp3) is 0.100. The van der Waals surface area contributed by atoms with Gasteiger partial charge in [0.15, 0.2) is 0 Å². The first-order valence-electron chi connectivity index (χ1n) is 4.48. The molecule has 1 aromatic carbocycles. The Labute approximate surface area is 88.4 Å². The highest BCUT2D eigenvalue weighted by Crippen LogP contribution is 1.96. The summed E-state index contributed by atoms with van der Waals surface area (Å²) in [6.45, 7) is 3.67. The van der Waals surface area contributed by atoms with Gasteiger partial charge < -0.3 is 15.4 Å². The van der Waals surface area contributed by atoms with Gasteiger partial charge in [0.2, 0.25) is 5.91 Å². The molecule has 0 saturated carbocycles. The number of carbonyl (C=O) groups excluding carboxylic acids is 1. The zero-order valence-corrected chi connectivity index (χ0v) is 8.18. The molecule has 0 aliphatic heterocycles. The summed E-state index contributed by atoms with van der Waals surface area (Å²) in [5.74, 6) is -0.259. The maximum atomic E-state index is 10.9. The van der Waals surface area contributed by atoms with Crippen LogP contribution in [0.4, 0.5) is 0 Å². The molecule has 0 fully saturated rings. The Bertz CT molecular complexity index is 365. The van der Waals surface area contributed by atoms with Crippen molar-refractivity contribution in [1.82, 2.24) is 5.32 Å². The molecule has 0 saturated heterocycles. The molecule has 0 aliphatic carbocycles. The monoisotopic (exact) mass is 205 g/mol. The van der Waals surface area contributed by atoms with Crippen molar-refractivity contribution in [2.75, 3.05) is 0 Å². The van der Waals surface area contributed by atoms with E-state index in [-0.39, 0.29) is 5.91 Å². The van der Waals surface area contributed by atoms with Gasteiger partial charge in [-0.15, -0.1) is 0 Å². The molecule has 0 unspecified atom stereocenters. The fourth-order valence-corrected chi connectivity index (χ4v) is 1.13. The minimum atomic E-state index is -1.49. The first kappa shape index (κ1) is 11.5. The third kappa shape index (κ3) is 3.57. The number of hydrogen-bond acceptors (Lipinski definition) is 3. The third-order valence-electron chi connectivity index (χ3n) is 1.90. The Balaban J connectivity index is 2.65. The van der Waals surface area contributed by atoms with Crippen LogP contribution < -0.4 is 10.8 Å². The van der Waals surface area contributed by atoms with Crippen LogP contribution >= 0.6 is 0 Å². The number of benzene rings is 1. The van der Waals surface area contributed by atoms with Crippen molar-refractivity contribution in [2.45, 2.75) is 6.54 Å². The summed E-state index contributed by atoms with van der Waals surface area (Å²) in [4.78, 5) is 10.9. The molecule has 1 amide bonds. The first-order valence-corrected chi connectivity index (χ1v) is 4.48. The smallest absolute Gasteiger partial charge is 0.423 e. The van der Waals surface area contributed by atoms with E-state index in [1.165, 1.54) is 6.08 Å². The molecule has 5 heteroatoms. The minimum Gasteiger partial charge on any atom is -0.423 e. The van der Waals surface area contributed by atoms with Crippen LogP contribution in [0.1, 0.15) is 5.56 Å². The topological polar surface area (TPSA) is 69.6 Å². The van der Waals surface area contributed by atoms with Gasteiger partial charge in [0.1, 0.15) is 0 Å². The van der Waals surface area contributed by atoms with Crippen molar-refractivity contribution in [3.8, 4) is 0 Å². The lowest BCUT2D eigenvalue weighted by molar-refractivity contribution is -0.116. The number of amides is 1. The van der Waals surface area contributed by atoms with Gasteiger partial charge in [-0.3, -0.25) is 4.79 Å². The van der Waals surface area contributed by atoms with E-state index in [0.29, 0.717) is 12.0 Å². The predicted octanol–water partition coefficient (Wildman–Crippen LogP) is -0.831. The van der Waals surface area contributed by atoms with Crippen molar-refractivity contribution in [3.05, 3.63) is 42.5 Å². The lowest BCUT2D eigenvalue weighted by atomic mass is 9.80. The molecule has 0 aromatic heterocycles. The largest absolute Gasteiger partial charge is 0.488 e. The van der Waals surface area contributed by atoms with Gasteiger partial charge in [0.25, 0.3) is 0 Å². The molecule has 0 heterocycles. The average Bonchev–Trinajstić information content (AvgIpc) is 2.26. The lowest BCUT2D eigenvalue weighted by Gasteiger charge is -2.05. The minimum absolute atomic E-state index is 0.259. The van der Waals surface area contributed by atoms with Gasteiger partial charge in [-0.2, -0.15) is 0 Å². The van der Waals surface area contributed by atoms with Crippen LogP contribution in [0.15, 0.2) is 36.9 Å². The maximum absolute atomic E-state index is 10.9. The number of carbonyl (C=O) groups is 1. The van der Waals surface area contributed by atoms with Crippen molar-refractivity contribution in [2.24, 2.45) is 0 Å². The van der Waals surface area contributed by atoms with E-state index < -0.39 is 7.12 Å². The molecule has 78 valence electrons. The zero-order chi connectivity index (χ0) is 11.3. The Kier molecular flexibility index (Phi) is 4.09. The van der Waals surface area contributed by atoms with E-state index in [4.69, 9.17) is 10.0 Å². The van der Waals surface area contributed by atoms with E-state index in [9.17, 15) is 4.79 Å². The molecule has 4 nitrogen and oxygen atoms in total. The van der Waals surface area contributed by atoms with Gasteiger partial charge in [-0.1, -0.05) is 30.8 Å². The quantitative estimate of drug-likeness (QED) is 0.443. The second-order valence-corrected chi connectivity index (χ2v) is 3.04. The van der Waals surface area contributed by atoms with E-state index in [1.54, 1.807) is 24.3 Å². The summed E-state index contributed by atoms with van der Waals surface area (Å²) < 4.78 is 0. The van der Waals surface area contributed by atoms with Crippen LogP contribution in [0, 0.1) is 0 Å². The molecule has 0 bridgehead atoms. The maximum Gasteiger partial charge on any atom is 0.488 e. The summed E-state index contributed by atoms with van der Waals surface area (Å²) in [7, 11) is -1.49. The Hall–Kier alpha value is -1.59. The molecular formula is C10H12BNO3. The SMILES string of the molecule is C=CC(=O)NCc1cccc(B(O)O)c1. The molecule has 0 atom stereocenters.